The number of sulfonamides is 1. The number of benzene rings is 2. The molecule has 4 N–H and O–H groups in total. The van der Waals surface area contributed by atoms with E-state index in [1.54, 1.807) is 36.7 Å². The molecular weight excluding hydrogens is 575 g/mol. The topological polar surface area (TPSA) is 141 Å². The number of rotatable bonds is 9. The first-order chi connectivity index (χ1) is 19.9. The number of piperazine rings is 1. The summed E-state index contributed by atoms with van der Waals surface area (Å²) < 4.78 is 61.0. The number of carboxylic acids is 1. The maximum Gasteiger partial charge on any atom is 0.490 e. The quantitative estimate of drug-likeness (QED) is 0.288. The van der Waals surface area contributed by atoms with E-state index in [9.17, 15) is 26.4 Å². The highest BCUT2D eigenvalue weighted by molar-refractivity contribution is 7.92. The summed E-state index contributed by atoms with van der Waals surface area (Å²) in [6, 6.07) is 15.8. The van der Waals surface area contributed by atoms with Gasteiger partial charge in [0.2, 0.25) is 0 Å². The van der Waals surface area contributed by atoms with Gasteiger partial charge in [-0.1, -0.05) is 31.5 Å². The van der Waals surface area contributed by atoms with Crippen molar-refractivity contribution in [3.63, 3.8) is 0 Å². The molecule has 42 heavy (non-hydrogen) atoms. The number of aryl methyl sites for hydroxylation is 1. The van der Waals surface area contributed by atoms with Gasteiger partial charge >= 0.3 is 12.1 Å². The summed E-state index contributed by atoms with van der Waals surface area (Å²) in [6.45, 7) is 5.51. The number of aromatic nitrogens is 1. The zero-order valence-corrected chi connectivity index (χ0v) is 23.6. The van der Waals surface area contributed by atoms with Crippen molar-refractivity contribution in [2.75, 3.05) is 35.8 Å². The van der Waals surface area contributed by atoms with Gasteiger partial charge < -0.3 is 20.6 Å². The average molecular weight is 608 g/mol. The molecule has 0 aliphatic carbocycles. The highest BCUT2D eigenvalue weighted by Gasteiger charge is 2.38. The fourth-order valence-corrected chi connectivity index (χ4v) is 5.12. The fraction of sp³-hybridized carbons (Fsp3) is 0.321. The van der Waals surface area contributed by atoms with Crippen LogP contribution in [-0.2, 0) is 27.8 Å². The van der Waals surface area contributed by atoms with E-state index in [2.05, 4.69) is 32.2 Å². The maximum absolute atomic E-state index is 13.2. The largest absolute Gasteiger partial charge is 0.490 e. The SMILES string of the molecule is CCCc1ccc(S(=O)(=O)Nc2cc(C(=O)NCc3cccnc3)ccc2N2CCNCC2)cc1.O=C(O)C(F)(F)F. The first kappa shape index (κ1) is 32.3. The summed E-state index contributed by atoms with van der Waals surface area (Å²) >= 11 is 0. The van der Waals surface area contributed by atoms with Gasteiger partial charge in [-0.3, -0.25) is 14.5 Å². The van der Waals surface area contributed by atoms with Crippen LogP contribution in [0.3, 0.4) is 0 Å². The van der Waals surface area contributed by atoms with Crippen molar-refractivity contribution in [3.8, 4) is 0 Å². The normalized spacial score (nSPS) is 13.5. The molecule has 2 aromatic carbocycles. The van der Waals surface area contributed by atoms with Crippen LogP contribution < -0.4 is 20.3 Å². The Balaban J connectivity index is 0.000000616. The second kappa shape index (κ2) is 14.6. The standard InChI is InChI=1S/C26H31N5O3S.C2HF3O2/c1-2-4-20-6-9-23(10-7-20)35(33,34)30-24-17-22(8-11-25(24)31-15-13-27-14-16-31)26(32)29-19-21-5-3-12-28-18-21;3-2(4,5)1(6)7/h3,5-12,17-18,27,30H,2,4,13-16,19H2,1H3,(H,29,32);(H,6,7). The van der Waals surface area contributed by atoms with Crippen molar-refractivity contribution in [2.45, 2.75) is 37.4 Å². The van der Waals surface area contributed by atoms with E-state index in [1.807, 2.05) is 30.3 Å². The van der Waals surface area contributed by atoms with E-state index in [0.29, 0.717) is 17.8 Å². The third-order valence-corrected chi connectivity index (χ3v) is 7.53. The van der Waals surface area contributed by atoms with E-state index in [-0.39, 0.29) is 10.8 Å². The van der Waals surface area contributed by atoms with Gasteiger partial charge in [0, 0.05) is 50.7 Å². The Labute approximate surface area is 242 Å². The summed E-state index contributed by atoms with van der Waals surface area (Å²) in [4.78, 5) is 28.1. The molecule has 1 amide bonds. The van der Waals surface area contributed by atoms with Crippen molar-refractivity contribution < 1.29 is 36.3 Å². The number of pyridine rings is 1. The Morgan fingerprint density at radius 2 is 1.71 bits per heavy atom. The second-order valence-electron chi connectivity index (χ2n) is 9.32. The van der Waals surface area contributed by atoms with Crippen molar-refractivity contribution in [1.29, 1.82) is 0 Å². The molecule has 3 aromatic rings. The molecule has 1 aliphatic rings. The number of anilines is 2. The van der Waals surface area contributed by atoms with Gasteiger partial charge in [-0.15, -0.1) is 0 Å². The molecule has 2 heterocycles. The molecule has 4 rings (SSSR count). The van der Waals surface area contributed by atoms with Crippen LogP contribution in [0, 0.1) is 0 Å². The lowest BCUT2D eigenvalue weighted by molar-refractivity contribution is -0.192. The Kier molecular flexibility index (Phi) is 11.3. The number of hydrogen-bond acceptors (Lipinski definition) is 7. The molecule has 0 bridgehead atoms. The lowest BCUT2D eigenvalue weighted by Crippen LogP contribution is -2.43. The third-order valence-electron chi connectivity index (χ3n) is 6.15. The summed E-state index contributed by atoms with van der Waals surface area (Å²) in [5, 5.41) is 13.3. The molecule has 14 heteroatoms. The van der Waals surface area contributed by atoms with Crippen molar-refractivity contribution in [2.24, 2.45) is 0 Å². The van der Waals surface area contributed by atoms with Gasteiger partial charge in [-0.2, -0.15) is 13.2 Å². The minimum atomic E-state index is -5.08. The monoisotopic (exact) mass is 607 g/mol. The van der Waals surface area contributed by atoms with Crippen LogP contribution in [-0.4, -0.2) is 62.7 Å². The fourth-order valence-electron chi connectivity index (χ4n) is 4.06. The highest BCUT2D eigenvalue weighted by Crippen LogP contribution is 2.30. The van der Waals surface area contributed by atoms with Gasteiger partial charge in [0.15, 0.2) is 0 Å². The van der Waals surface area contributed by atoms with E-state index in [4.69, 9.17) is 9.90 Å². The zero-order chi connectivity index (χ0) is 30.8. The number of carboxylic acid groups (broad SMARTS) is 1. The van der Waals surface area contributed by atoms with Crippen LogP contribution in [0.2, 0.25) is 0 Å². The highest BCUT2D eigenvalue weighted by atomic mass is 32.2. The third kappa shape index (κ3) is 9.45. The summed E-state index contributed by atoms with van der Waals surface area (Å²) in [6.07, 6.45) is 0.181. The zero-order valence-electron chi connectivity index (χ0n) is 22.8. The molecule has 1 aromatic heterocycles. The van der Waals surface area contributed by atoms with Crippen LogP contribution in [0.25, 0.3) is 0 Å². The summed E-state index contributed by atoms with van der Waals surface area (Å²) in [7, 11) is -3.84. The predicted octanol–water partition coefficient (Wildman–Crippen LogP) is 3.81. The number of hydrogen-bond donors (Lipinski definition) is 4. The molecule has 0 unspecified atom stereocenters. The molecule has 0 atom stereocenters. The smallest absolute Gasteiger partial charge is 0.475 e. The van der Waals surface area contributed by atoms with Crippen molar-refractivity contribution >= 4 is 33.3 Å². The number of alkyl halides is 3. The van der Waals surface area contributed by atoms with E-state index in [0.717, 1.165) is 55.8 Å². The van der Waals surface area contributed by atoms with Gasteiger partial charge in [0.1, 0.15) is 0 Å². The van der Waals surface area contributed by atoms with Crippen LogP contribution in [0.15, 0.2) is 71.9 Å². The van der Waals surface area contributed by atoms with Crippen molar-refractivity contribution in [1.82, 2.24) is 15.6 Å². The molecule has 1 fully saturated rings. The van der Waals surface area contributed by atoms with Gasteiger partial charge in [0.05, 0.1) is 16.3 Å². The maximum atomic E-state index is 13.2. The second-order valence-corrected chi connectivity index (χ2v) is 11.0. The molecule has 0 spiro atoms. The minimum absolute atomic E-state index is 0.190. The number of amides is 1. The first-order valence-corrected chi connectivity index (χ1v) is 14.6. The minimum Gasteiger partial charge on any atom is -0.475 e. The van der Waals surface area contributed by atoms with Crippen LogP contribution in [0.5, 0.6) is 0 Å². The Bertz CT molecular complexity index is 1450. The Morgan fingerprint density at radius 1 is 1.05 bits per heavy atom. The van der Waals surface area contributed by atoms with Crippen molar-refractivity contribution in [3.05, 3.63) is 83.7 Å². The molecule has 0 saturated carbocycles. The molecule has 1 saturated heterocycles. The lowest BCUT2D eigenvalue weighted by atomic mass is 10.1. The van der Waals surface area contributed by atoms with Crippen LogP contribution in [0.1, 0.15) is 34.8 Å². The summed E-state index contributed by atoms with van der Waals surface area (Å²) in [5.74, 6) is -3.04. The summed E-state index contributed by atoms with van der Waals surface area (Å²) in [5.41, 5.74) is 3.50. The van der Waals surface area contributed by atoms with Gasteiger partial charge in [0.25, 0.3) is 15.9 Å². The lowest BCUT2D eigenvalue weighted by Gasteiger charge is -2.31. The molecule has 0 radical (unpaired) electrons. The predicted molar refractivity (Wildman–Crippen MR) is 152 cm³/mol. The number of nitrogens with one attached hydrogen (secondary N) is 3. The Morgan fingerprint density at radius 3 is 2.29 bits per heavy atom. The van der Waals surface area contributed by atoms with Crippen LogP contribution >= 0.6 is 0 Å². The first-order valence-electron chi connectivity index (χ1n) is 13.1. The molecular formula is C28H32F3N5O5S. The van der Waals surface area contributed by atoms with Crippen LogP contribution in [0.4, 0.5) is 24.5 Å². The van der Waals surface area contributed by atoms with Gasteiger partial charge in [-0.25, -0.2) is 13.2 Å². The molecule has 1 aliphatic heterocycles. The van der Waals surface area contributed by atoms with E-state index >= 15 is 0 Å². The number of carbonyl (C=O) groups excluding carboxylic acids is 1. The number of carbonyl (C=O) groups is 2. The number of halogens is 3. The van der Waals surface area contributed by atoms with E-state index < -0.39 is 22.2 Å². The van der Waals surface area contributed by atoms with E-state index in [1.165, 1.54) is 0 Å². The van der Waals surface area contributed by atoms with Gasteiger partial charge in [-0.05, 0) is 53.9 Å². The average Bonchev–Trinajstić information content (AvgIpc) is 2.97. The number of nitrogens with zero attached hydrogens (tertiary/aromatic N) is 2. The Hall–Kier alpha value is -4.17. The molecule has 10 nitrogen and oxygen atoms in total. The molecule has 226 valence electrons. The number of aliphatic carboxylic acids is 1.